The maximum Gasteiger partial charge on any atom is 0.242 e. The van der Waals surface area contributed by atoms with Gasteiger partial charge in [-0.25, -0.2) is 0 Å². The van der Waals surface area contributed by atoms with Gasteiger partial charge in [0.05, 0.1) is 12.6 Å². The number of hydrogen-bond acceptors (Lipinski definition) is 3. The van der Waals surface area contributed by atoms with Crippen LogP contribution in [0.25, 0.3) is 0 Å². The summed E-state index contributed by atoms with van der Waals surface area (Å²) in [6.45, 7) is 2.21. The van der Waals surface area contributed by atoms with Gasteiger partial charge in [-0.3, -0.25) is 14.4 Å². The molecule has 1 atom stereocenters. The predicted molar refractivity (Wildman–Crippen MR) is 90.1 cm³/mol. The monoisotopic (exact) mass is 335 g/mol. The van der Waals surface area contributed by atoms with E-state index >= 15 is 0 Å². The average molecular weight is 335 g/mol. The number of amides is 3. The van der Waals surface area contributed by atoms with Crippen molar-refractivity contribution in [1.82, 2.24) is 15.1 Å². The normalized spacial score (nSPS) is 24.8. The fraction of sp³-hybridized carbons (Fsp3) is 0.833. The molecular formula is C18H29N3O3. The fourth-order valence-corrected chi connectivity index (χ4v) is 4.29. The molecular weight excluding hydrogens is 306 g/mol. The summed E-state index contributed by atoms with van der Waals surface area (Å²) in [4.78, 5) is 39.7. The standard InChI is InChI=1S/C18H29N3O3/c22-16(8-7-14-4-1-2-5-14)19-12-18(24)20-11-9-15(13-20)21-10-3-6-17(21)23/h14-15H,1-13H2,(H,19,22). The molecule has 0 aromatic heterocycles. The van der Waals surface area contributed by atoms with Crippen molar-refractivity contribution >= 4 is 17.7 Å². The predicted octanol–water partition coefficient (Wildman–Crippen LogP) is 1.30. The van der Waals surface area contributed by atoms with Crippen LogP contribution in [0.4, 0.5) is 0 Å². The molecule has 2 aliphatic heterocycles. The molecule has 0 bridgehead atoms. The molecule has 3 fully saturated rings. The van der Waals surface area contributed by atoms with Gasteiger partial charge in [0, 0.05) is 32.5 Å². The van der Waals surface area contributed by atoms with Crippen molar-refractivity contribution < 1.29 is 14.4 Å². The molecule has 3 amide bonds. The second-order valence-corrected chi connectivity index (χ2v) is 7.44. The van der Waals surface area contributed by atoms with E-state index in [2.05, 4.69) is 5.32 Å². The van der Waals surface area contributed by atoms with Crippen LogP contribution in [-0.4, -0.2) is 59.7 Å². The van der Waals surface area contributed by atoms with Crippen LogP contribution in [-0.2, 0) is 14.4 Å². The highest BCUT2D eigenvalue weighted by molar-refractivity contribution is 5.85. The topological polar surface area (TPSA) is 69.7 Å². The summed E-state index contributed by atoms with van der Waals surface area (Å²) in [5.74, 6) is 0.873. The van der Waals surface area contributed by atoms with Crippen LogP contribution in [0.5, 0.6) is 0 Å². The van der Waals surface area contributed by atoms with Crippen molar-refractivity contribution in [3.8, 4) is 0 Å². The lowest BCUT2D eigenvalue weighted by atomic mass is 10.0. The van der Waals surface area contributed by atoms with E-state index < -0.39 is 0 Å². The molecule has 1 saturated carbocycles. The van der Waals surface area contributed by atoms with Gasteiger partial charge < -0.3 is 15.1 Å². The van der Waals surface area contributed by atoms with Crippen LogP contribution in [0, 0.1) is 5.92 Å². The van der Waals surface area contributed by atoms with Gasteiger partial charge in [0.1, 0.15) is 0 Å². The first-order valence-corrected chi connectivity index (χ1v) is 9.47. The van der Waals surface area contributed by atoms with Crippen LogP contribution in [0.15, 0.2) is 0 Å². The minimum Gasteiger partial charge on any atom is -0.347 e. The molecule has 3 rings (SSSR count). The fourth-order valence-electron chi connectivity index (χ4n) is 4.29. The van der Waals surface area contributed by atoms with Crippen LogP contribution in [0.1, 0.15) is 57.8 Å². The highest BCUT2D eigenvalue weighted by Crippen LogP contribution is 2.28. The van der Waals surface area contributed by atoms with E-state index in [1.54, 1.807) is 4.90 Å². The number of carbonyl (C=O) groups excluding carboxylic acids is 3. The Balaban J connectivity index is 1.34. The van der Waals surface area contributed by atoms with E-state index in [9.17, 15) is 14.4 Å². The minimum absolute atomic E-state index is 0.0132. The summed E-state index contributed by atoms with van der Waals surface area (Å²) in [6, 6.07) is 0.169. The summed E-state index contributed by atoms with van der Waals surface area (Å²) in [7, 11) is 0. The zero-order chi connectivity index (χ0) is 16.9. The van der Waals surface area contributed by atoms with Gasteiger partial charge in [0.2, 0.25) is 17.7 Å². The van der Waals surface area contributed by atoms with Crippen LogP contribution in [0.3, 0.4) is 0 Å². The number of likely N-dealkylation sites (tertiary alicyclic amines) is 2. The highest BCUT2D eigenvalue weighted by Gasteiger charge is 2.34. The lowest BCUT2D eigenvalue weighted by molar-refractivity contribution is -0.133. The number of nitrogens with one attached hydrogen (secondary N) is 1. The van der Waals surface area contributed by atoms with Crippen molar-refractivity contribution in [2.45, 2.75) is 63.8 Å². The second kappa shape index (κ2) is 7.99. The quantitative estimate of drug-likeness (QED) is 0.795. The first-order chi connectivity index (χ1) is 11.6. The molecule has 1 aliphatic carbocycles. The van der Waals surface area contributed by atoms with Crippen LogP contribution < -0.4 is 5.32 Å². The Kier molecular flexibility index (Phi) is 5.74. The van der Waals surface area contributed by atoms with Crippen molar-refractivity contribution in [1.29, 1.82) is 0 Å². The zero-order valence-electron chi connectivity index (χ0n) is 14.5. The largest absolute Gasteiger partial charge is 0.347 e. The lowest BCUT2D eigenvalue weighted by Gasteiger charge is -2.24. The molecule has 6 nitrogen and oxygen atoms in total. The zero-order valence-corrected chi connectivity index (χ0v) is 14.5. The van der Waals surface area contributed by atoms with Gasteiger partial charge in [0.25, 0.3) is 0 Å². The first-order valence-electron chi connectivity index (χ1n) is 9.47. The summed E-state index contributed by atoms with van der Waals surface area (Å²) in [5, 5.41) is 2.77. The third-order valence-corrected chi connectivity index (χ3v) is 5.76. The molecule has 0 aromatic rings. The molecule has 0 radical (unpaired) electrons. The van der Waals surface area contributed by atoms with E-state index in [0.717, 1.165) is 25.8 Å². The molecule has 134 valence electrons. The average Bonchev–Trinajstić information content (AvgIpc) is 3.31. The van der Waals surface area contributed by atoms with E-state index in [1.807, 2.05) is 4.90 Å². The number of hydrogen-bond donors (Lipinski definition) is 1. The Morgan fingerprint density at radius 1 is 1.08 bits per heavy atom. The Labute approximate surface area is 143 Å². The van der Waals surface area contributed by atoms with Gasteiger partial charge in [-0.15, -0.1) is 0 Å². The lowest BCUT2D eigenvalue weighted by Crippen LogP contribution is -2.42. The summed E-state index contributed by atoms with van der Waals surface area (Å²) < 4.78 is 0. The van der Waals surface area contributed by atoms with Crippen LogP contribution >= 0.6 is 0 Å². The number of rotatable bonds is 6. The van der Waals surface area contributed by atoms with Crippen molar-refractivity contribution in [2.75, 3.05) is 26.2 Å². The maximum atomic E-state index is 12.3. The molecule has 24 heavy (non-hydrogen) atoms. The maximum absolute atomic E-state index is 12.3. The van der Waals surface area contributed by atoms with E-state index in [4.69, 9.17) is 0 Å². The highest BCUT2D eigenvalue weighted by atomic mass is 16.2. The summed E-state index contributed by atoms with van der Waals surface area (Å²) in [5.41, 5.74) is 0. The number of carbonyl (C=O) groups is 3. The molecule has 1 unspecified atom stereocenters. The van der Waals surface area contributed by atoms with Crippen molar-refractivity contribution in [2.24, 2.45) is 5.92 Å². The Morgan fingerprint density at radius 2 is 1.88 bits per heavy atom. The van der Waals surface area contributed by atoms with Gasteiger partial charge in [-0.05, 0) is 25.2 Å². The second-order valence-electron chi connectivity index (χ2n) is 7.44. The Bertz CT molecular complexity index is 488. The summed E-state index contributed by atoms with van der Waals surface area (Å²) in [6.07, 6.45) is 8.98. The first kappa shape index (κ1) is 17.2. The van der Waals surface area contributed by atoms with E-state index in [1.165, 1.54) is 25.7 Å². The van der Waals surface area contributed by atoms with E-state index in [0.29, 0.717) is 31.8 Å². The van der Waals surface area contributed by atoms with Gasteiger partial charge in [-0.2, -0.15) is 0 Å². The molecule has 2 saturated heterocycles. The SMILES string of the molecule is O=C(CCC1CCCC1)NCC(=O)N1CCC(N2CCCC2=O)C1. The van der Waals surface area contributed by atoms with Crippen LogP contribution in [0.2, 0.25) is 0 Å². The van der Waals surface area contributed by atoms with Gasteiger partial charge in [-0.1, -0.05) is 25.7 Å². The molecule has 3 aliphatic rings. The third-order valence-electron chi connectivity index (χ3n) is 5.76. The molecule has 6 heteroatoms. The molecule has 0 aromatic carbocycles. The van der Waals surface area contributed by atoms with Gasteiger partial charge in [0.15, 0.2) is 0 Å². The Hall–Kier alpha value is -1.59. The smallest absolute Gasteiger partial charge is 0.242 e. The van der Waals surface area contributed by atoms with Crippen molar-refractivity contribution in [3.63, 3.8) is 0 Å². The van der Waals surface area contributed by atoms with Crippen molar-refractivity contribution in [3.05, 3.63) is 0 Å². The minimum atomic E-state index is -0.0293. The molecule has 0 spiro atoms. The Morgan fingerprint density at radius 3 is 2.58 bits per heavy atom. The molecule has 2 heterocycles. The van der Waals surface area contributed by atoms with E-state index in [-0.39, 0.29) is 30.3 Å². The molecule has 1 N–H and O–H groups in total. The number of nitrogens with zero attached hydrogens (tertiary/aromatic N) is 2. The third kappa shape index (κ3) is 4.28. The summed E-state index contributed by atoms with van der Waals surface area (Å²) >= 11 is 0. The van der Waals surface area contributed by atoms with Gasteiger partial charge >= 0.3 is 0 Å².